The summed E-state index contributed by atoms with van der Waals surface area (Å²) in [5.41, 5.74) is 2.66. The number of nitrogens with zero attached hydrogens (tertiary/aromatic N) is 1. The Bertz CT molecular complexity index is 831. The molecule has 1 amide bonds. The van der Waals surface area contributed by atoms with Crippen molar-refractivity contribution in [1.29, 1.82) is 0 Å². The predicted octanol–water partition coefficient (Wildman–Crippen LogP) is 3.64. The van der Waals surface area contributed by atoms with E-state index in [-0.39, 0.29) is 30.6 Å². The van der Waals surface area contributed by atoms with Gasteiger partial charge >= 0.3 is 0 Å². The average molecular weight is 353 g/mol. The molecule has 1 heterocycles. The number of hydrogen-bond acceptors (Lipinski definition) is 4. The van der Waals surface area contributed by atoms with Crippen LogP contribution < -0.4 is 14.4 Å². The molecule has 2 aromatic rings. The van der Waals surface area contributed by atoms with Gasteiger partial charge in [0.25, 0.3) is 0 Å². The van der Waals surface area contributed by atoms with Crippen molar-refractivity contribution >= 4 is 17.4 Å². The van der Waals surface area contributed by atoms with Crippen LogP contribution in [0.2, 0.25) is 0 Å². The van der Waals surface area contributed by atoms with Crippen molar-refractivity contribution in [3.05, 3.63) is 53.6 Å². The van der Waals surface area contributed by atoms with Crippen molar-refractivity contribution in [2.24, 2.45) is 0 Å². The molecule has 2 aromatic carbocycles. The van der Waals surface area contributed by atoms with Crippen LogP contribution in [-0.2, 0) is 11.2 Å². The van der Waals surface area contributed by atoms with Crippen molar-refractivity contribution in [1.82, 2.24) is 0 Å². The van der Waals surface area contributed by atoms with Gasteiger partial charge < -0.3 is 14.4 Å². The van der Waals surface area contributed by atoms with Crippen LogP contribution in [0, 0.1) is 0 Å². The Labute approximate surface area is 153 Å². The van der Waals surface area contributed by atoms with E-state index in [0.717, 1.165) is 12.1 Å². The molecular weight excluding hydrogens is 330 g/mol. The lowest BCUT2D eigenvalue weighted by Crippen LogP contribution is -2.35. The first kappa shape index (κ1) is 18.0. The number of rotatable bonds is 6. The van der Waals surface area contributed by atoms with Crippen LogP contribution in [-0.4, -0.2) is 32.0 Å². The van der Waals surface area contributed by atoms with E-state index >= 15 is 0 Å². The Morgan fingerprint density at radius 2 is 1.77 bits per heavy atom. The highest BCUT2D eigenvalue weighted by molar-refractivity contribution is 6.02. The monoisotopic (exact) mass is 353 g/mol. The molecular formula is C21H23NO4. The van der Waals surface area contributed by atoms with E-state index in [1.54, 1.807) is 25.3 Å². The maximum absolute atomic E-state index is 12.7. The van der Waals surface area contributed by atoms with E-state index in [4.69, 9.17) is 9.47 Å². The second kappa shape index (κ2) is 7.60. The molecule has 3 rings (SSSR count). The number of para-hydroxylation sites is 1. The Morgan fingerprint density at radius 1 is 1.04 bits per heavy atom. The normalized spacial score (nSPS) is 15.5. The molecule has 0 unspecified atom stereocenters. The quantitative estimate of drug-likeness (QED) is 0.744. The lowest BCUT2D eigenvalue weighted by atomic mass is 10.1. The number of ether oxygens (including phenoxy) is 2. The number of carbonyl (C=O) groups is 2. The second-order valence-corrected chi connectivity index (χ2v) is 6.44. The summed E-state index contributed by atoms with van der Waals surface area (Å²) >= 11 is 0. The van der Waals surface area contributed by atoms with Crippen LogP contribution in [0.15, 0.2) is 42.5 Å². The Hall–Kier alpha value is -2.82. The van der Waals surface area contributed by atoms with E-state index in [1.807, 2.05) is 36.1 Å². The zero-order valence-corrected chi connectivity index (χ0v) is 15.3. The Kier molecular flexibility index (Phi) is 5.26. The molecule has 0 spiro atoms. The summed E-state index contributed by atoms with van der Waals surface area (Å²) in [7, 11) is 3.08. The smallest absolute Gasteiger partial charge is 0.227 e. The maximum Gasteiger partial charge on any atom is 0.227 e. The van der Waals surface area contributed by atoms with E-state index in [0.29, 0.717) is 17.1 Å². The SMILES string of the molecule is COc1ccc(C(=O)CCC(=O)N2c3ccccc3C[C@@H]2C)cc1OC. The van der Waals surface area contributed by atoms with Crippen molar-refractivity contribution in [2.75, 3.05) is 19.1 Å². The number of carbonyl (C=O) groups excluding carboxylic acids is 2. The molecule has 5 nitrogen and oxygen atoms in total. The van der Waals surface area contributed by atoms with Crippen molar-refractivity contribution in [3.8, 4) is 11.5 Å². The molecule has 136 valence electrons. The van der Waals surface area contributed by atoms with E-state index in [1.165, 1.54) is 12.7 Å². The molecule has 0 saturated carbocycles. The third kappa shape index (κ3) is 3.43. The standard InChI is InChI=1S/C21H23NO4/c1-14-12-15-6-4-5-7-17(15)22(14)21(24)11-9-18(23)16-8-10-19(25-2)20(13-16)26-3/h4-8,10,13-14H,9,11-12H2,1-3H3/t14-/m0/s1. The second-order valence-electron chi connectivity index (χ2n) is 6.44. The van der Waals surface area contributed by atoms with Crippen LogP contribution in [0.1, 0.15) is 35.7 Å². The first-order valence-corrected chi connectivity index (χ1v) is 8.70. The highest BCUT2D eigenvalue weighted by Crippen LogP contribution is 2.33. The fourth-order valence-corrected chi connectivity index (χ4v) is 3.44. The van der Waals surface area contributed by atoms with Gasteiger partial charge in [0.15, 0.2) is 17.3 Å². The molecule has 26 heavy (non-hydrogen) atoms. The summed E-state index contributed by atoms with van der Waals surface area (Å²) in [6, 6.07) is 13.1. The number of ketones is 1. The molecule has 0 aromatic heterocycles. The summed E-state index contributed by atoms with van der Waals surface area (Å²) in [5, 5.41) is 0. The molecule has 0 radical (unpaired) electrons. The molecule has 1 aliphatic heterocycles. The number of hydrogen-bond donors (Lipinski definition) is 0. The summed E-state index contributed by atoms with van der Waals surface area (Å²) in [5.74, 6) is 0.977. The molecule has 0 saturated heterocycles. The van der Waals surface area contributed by atoms with Gasteiger partial charge in [0.2, 0.25) is 5.91 Å². The first-order valence-electron chi connectivity index (χ1n) is 8.70. The number of Topliss-reactive ketones (excluding diaryl/α,β-unsaturated/α-hetero) is 1. The minimum absolute atomic E-state index is 0.0173. The van der Waals surface area contributed by atoms with E-state index in [2.05, 4.69) is 0 Å². The molecule has 1 aliphatic rings. The fourth-order valence-electron chi connectivity index (χ4n) is 3.44. The van der Waals surface area contributed by atoms with Crippen molar-refractivity contribution < 1.29 is 19.1 Å². The van der Waals surface area contributed by atoms with Gasteiger partial charge in [-0.2, -0.15) is 0 Å². The Morgan fingerprint density at radius 3 is 2.50 bits per heavy atom. The summed E-state index contributed by atoms with van der Waals surface area (Å²) < 4.78 is 10.4. The highest BCUT2D eigenvalue weighted by Gasteiger charge is 2.30. The van der Waals surface area contributed by atoms with Crippen LogP contribution >= 0.6 is 0 Å². The van der Waals surface area contributed by atoms with E-state index < -0.39 is 0 Å². The first-order chi connectivity index (χ1) is 12.5. The van der Waals surface area contributed by atoms with E-state index in [9.17, 15) is 9.59 Å². The Balaban J connectivity index is 1.67. The maximum atomic E-state index is 12.7. The van der Waals surface area contributed by atoms with Crippen molar-refractivity contribution in [3.63, 3.8) is 0 Å². The van der Waals surface area contributed by atoms with Gasteiger partial charge in [-0.3, -0.25) is 9.59 Å². The number of methoxy groups -OCH3 is 2. The van der Waals surface area contributed by atoms with Gasteiger partial charge in [0.05, 0.1) is 14.2 Å². The number of fused-ring (bicyclic) bond motifs is 1. The summed E-state index contributed by atoms with van der Waals surface area (Å²) in [6.45, 7) is 2.04. The molecule has 0 N–H and O–H groups in total. The molecule has 0 bridgehead atoms. The van der Waals surface area contributed by atoms with Gasteiger partial charge in [-0.05, 0) is 43.2 Å². The zero-order valence-electron chi connectivity index (χ0n) is 15.3. The van der Waals surface area contributed by atoms with Crippen LogP contribution in [0.5, 0.6) is 11.5 Å². The highest BCUT2D eigenvalue weighted by atomic mass is 16.5. The zero-order chi connectivity index (χ0) is 18.7. The lowest BCUT2D eigenvalue weighted by Gasteiger charge is -2.22. The van der Waals surface area contributed by atoms with Gasteiger partial charge in [-0.1, -0.05) is 18.2 Å². The van der Waals surface area contributed by atoms with Crippen LogP contribution in [0.25, 0.3) is 0 Å². The van der Waals surface area contributed by atoms with Gasteiger partial charge in [-0.25, -0.2) is 0 Å². The molecule has 0 fully saturated rings. The minimum Gasteiger partial charge on any atom is -0.493 e. The van der Waals surface area contributed by atoms with Gasteiger partial charge in [0, 0.05) is 30.1 Å². The minimum atomic E-state index is -0.0839. The number of anilines is 1. The van der Waals surface area contributed by atoms with Gasteiger partial charge in [0.1, 0.15) is 0 Å². The number of amides is 1. The average Bonchev–Trinajstić information content (AvgIpc) is 3.00. The summed E-state index contributed by atoms with van der Waals surface area (Å²) in [6.07, 6.45) is 1.21. The largest absolute Gasteiger partial charge is 0.493 e. The van der Waals surface area contributed by atoms with Crippen LogP contribution in [0.4, 0.5) is 5.69 Å². The fraction of sp³-hybridized carbons (Fsp3) is 0.333. The van der Waals surface area contributed by atoms with Gasteiger partial charge in [-0.15, -0.1) is 0 Å². The van der Waals surface area contributed by atoms with Crippen molar-refractivity contribution in [2.45, 2.75) is 32.2 Å². The number of benzene rings is 2. The van der Waals surface area contributed by atoms with Crippen LogP contribution in [0.3, 0.4) is 0 Å². The third-order valence-electron chi connectivity index (χ3n) is 4.75. The molecule has 5 heteroatoms. The molecule has 0 aliphatic carbocycles. The topological polar surface area (TPSA) is 55.8 Å². The third-order valence-corrected chi connectivity index (χ3v) is 4.75. The molecule has 1 atom stereocenters. The lowest BCUT2D eigenvalue weighted by molar-refractivity contribution is -0.118. The summed E-state index contributed by atoms with van der Waals surface area (Å²) in [4.78, 5) is 27.0. The predicted molar refractivity (Wildman–Crippen MR) is 100 cm³/mol.